The van der Waals surface area contributed by atoms with Gasteiger partial charge in [-0.1, -0.05) is 23.7 Å². The van der Waals surface area contributed by atoms with E-state index in [1.165, 1.54) is 6.21 Å². The zero-order chi connectivity index (χ0) is 15.2. The highest BCUT2D eigenvalue weighted by Gasteiger charge is 2.03. The van der Waals surface area contributed by atoms with Crippen LogP contribution in [0.3, 0.4) is 0 Å². The quantitative estimate of drug-likeness (QED) is 0.682. The Kier molecular flexibility index (Phi) is 5.00. The molecule has 21 heavy (non-hydrogen) atoms. The molecular weight excluding hydrogens is 290 g/mol. The third kappa shape index (κ3) is 4.65. The van der Waals surface area contributed by atoms with Crippen molar-refractivity contribution in [2.45, 2.75) is 6.42 Å². The van der Waals surface area contributed by atoms with Crippen molar-refractivity contribution in [3.8, 4) is 0 Å². The number of halogens is 1. The van der Waals surface area contributed by atoms with Crippen LogP contribution in [0.1, 0.15) is 11.3 Å². The molecule has 0 radical (unpaired) electrons. The predicted octanol–water partition coefficient (Wildman–Crippen LogP) is 2.69. The Morgan fingerprint density at radius 2 is 2.00 bits per heavy atom. The summed E-state index contributed by atoms with van der Waals surface area (Å²) in [4.78, 5) is 13.5. The van der Waals surface area contributed by atoms with E-state index in [4.69, 9.17) is 16.0 Å². The van der Waals surface area contributed by atoms with Gasteiger partial charge in [0.2, 0.25) is 5.91 Å². The molecule has 0 saturated carbocycles. The topological polar surface area (TPSA) is 57.8 Å². The summed E-state index contributed by atoms with van der Waals surface area (Å²) >= 11 is 5.79. The summed E-state index contributed by atoms with van der Waals surface area (Å²) in [6.07, 6.45) is 1.71. The minimum atomic E-state index is -0.201. The summed E-state index contributed by atoms with van der Waals surface area (Å²) in [6, 6.07) is 10.7. The van der Waals surface area contributed by atoms with Gasteiger partial charge in [0.1, 0.15) is 5.76 Å². The molecular formula is C15H16ClN3O2. The summed E-state index contributed by atoms with van der Waals surface area (Å²) in [5.74, 6) is 1.10. The number of carbonyl (C=O) groups is 1. The molecule has 1 heterocycles. The summed E-state index contributed by atoms with van der Waals surface area (Å²) in [6.45, 7) is 0. The monoisotopic (exact) mass is 305 g/mol. The third-order valence-corrected chi connectivity index (χ3v) is 2.96. The van der Waals surface area contributed by atoms with Gasteiger partial charge in [-0.15, -0.1) is 0 Å². The highest BCUT2D eigenvalue weighted by atomic mass is 35.5. The van der Waals surface area contributed by atoms with Crippen LogP contribution in [0.5, 0.6) is 0 Å². The molecule has 0 aliphatic rings. The Bertz CT molecular complexity index is 633. The molecule has 0 atom stereocenters. The van der Waals surface area contributed by atoms with E-state index in [9.17, 15) is 4.79 Å². The van der Waals surface area contributed by atoms with Crippen LogP contribution in [0.2, 0.25) is 5.02 Å². The molecule has 0 fully saturated rings. The van der Waals surface area contributed by atoms with Gasteiger partial charge in [-0.2, -0.15) is 5.10 Å². The Morgan fingerprint density at radius 1 is 1.29 bits per heavy atom. The molecule has 0 aliphatic heterocycles. The lowest BCUT2D eigenvalue weighted by Gasteiger charge is -2.05. The summed E-state index contributed by atoms with van der Waals surface area (Å²) < 4.78 is 5.47. The minimum Gasteiger partial charge on any atom is -0.440 e. The van der Waals surface area contributed by atoms with Gasteiger partial charge in [-0.05, 0) is 23.8 Å². The molecule has 0 unspecified atom stereocenters. The van der Waals surface area contributed by atoms with E-state index in [0.717, 1.165) is 11.4 Å². The van der Waals surface area contributed by atoms with Gasteiger partial charge in [0.15, 0.2) is 5.88 Å². The van der Waals surface area contributed by atoms with Gasteiger partial charge in [0.25, 0.3) is 0 Å². The number of hydrazone groups is 1. The minimum absolute atomic E-state index is 0.201. The normalized spacial score (nSPS) is 10.8. The number of furan rings is 1. The molecule has 5 nitrogen and oxygen atoms in total. The van der Waals surface area contributed by atoms with E-state index < -0.39 is 0 Å². The smallest absolute Gasteiger partial charge is 0.244 e. The number of hydrogen-bond donors (Lipinski definition) is 1. The van der Waals surface area contributed by atoms with Crippen LogP contribution in [0.25, 0.3) is 0 Å². The second-order valence-electron chi connectivity index (χ2n) is 4.67. The molecule has 0 aliphatic carbocycles. The maximum atomic E-state index is 11.7. The van der Waals surface area contributed by atoms with Crippen LogP contribution < -0.4 is 10.3 Å². The van der Waals surface area contributed by atoms with Gasteiger partial charge in [-0.25, -0.2) is 5.43 Å². The fourth-order valence-corrected chi connectivity index (χ4v) is 1.77. The summed E-state index contributed by atoms with van der Waals surface area (Å²) in [7, 11) is 3.77. The van der Waals surface area contributed by atoms with Gasteiger partial charge in [-0.3, -0.25) is 4.79 Å². The lowest BCUT2D eigenvalue weighted by molar-refractivity contribution is -0.120. The molecule has 0 bridgehead atoms. The Hall–Kier alpha value is -2.27. The summed E-state index contributed by atoms with van der Waals surface area (Å²) in [5.41, 5.74) is 3.33. The second-order valence-corrected chi connectivity index (χ2v) is 5.10. The number of nitrogens with zero attached hydrogens (tertiary/aromatic N) is 2. The second kappa shape index (κ2) is 6.95. The highest BCUT2D eigenvalue weighted by molar-refractivity contribution is 6.30. The number of carbonyl (C=O) groups excluding carboxylic acids is 1. The molecule has 0 spiro atoms. The fourth-order valence-electron chi connectivity index (χ4n) is 1.65. The van der Waals surface area contributed by atoms with E-state index in [2.05, 4.69) is 10.5 Å². The van der Waals surface area contributed by atoms with Crippen molar-refractivity contribution < 1.29 is 9.21 Å². The number of amides is 1. The standard InChI is InChI=1S/C15H16ClN3O2/c1-19(2)15-8-7-13(21-15)10-17-18-14(20)9-11-3-5-12(16)6-4-11/h3-8,10H,9H2,1-2H3,(H,18,20)/b17-10-. The average molecular weight is 306 g/mol. The van der Waals surface area contributed by atoms with Crippen molar-refractivity contribution in [2.75, 3.05) is 19.0 Å². The number of rotatable bonds is 5. The fraction of sp³-hybridized carbons (Fsp3) is 0.200. The Morgan fingerprint density at radius 3 is 2.62 bits per heavy atom. The first kappa shape index (κ1) is 15.1. The molecule has 1 aromatic carbocycles. The van der Waals surface area contributed by atoms with Crippen molar-refractivity contribution in [3.05, 3.63) is 52.7 Å². The predicted molar refractivity (Wildman–Crippen MR) is 83.9 cm³/mol. The van der Waals surface area contributed by atoms with E-state index >= 15 is 0 Å². The summed E-state index contributed by atoms with van der Waals surface area (Å²) in [5, 5.41) is 4.51. The molecule has 1 amide bonds. The first-order valence-electron chi connectivity index (χ1n) is 6.38. The molecule has 1 N–H and O–H groups in total. The Labute approximate surface area is 128 Å². The van der Waals surface area contributed by atoms with E-state index in [1.54, 1.807) is 18.2 Å². The average Bonchev–Trinajstić information content (AvgIpc) is 2.90. The SMILES string of the molecule is CN(C)c1ccc(/C=N\NC(=O)Cc2ccc(Cl)cc2)o1. The maximum Gasteiger partial charge on any atom is 0.244 e. The number of hydrogen-bond acceptors (Lipinski definition) is 4. The molecule has 110 valence electrons. The highest BCUT2D eigenvalue weighted by Crippen LogP contribution is 2.14. The Balaban J connectivity index is 1.85. The molecule has 2 aromatic rings. The van der Waals surface area contributed by atoms with Crippen molar-refractivity contribution in [2.24, 2.45) is 5.10 Å². The van der Waals surface area contributed by atoms with Gasteiger partial charge in [0.05, 0.1) is 12.6 Å². The van der Waals surface area contributed by atoms with Crippen LogP contribution in [0.4, 0.5) is 5.88 Å². The van der Waals surface area contributed by atoms with Crippen molar-refractivity contribution in [1.82, 2.24) is 5.43 Å². The number of nitrogens with one attached hydrogen (secondary N) is 1. The zero-order valence-corrected chi connectivity index (χ0v) is 12.6. The van der Waals surface area contributed by atoms with Crippen molar-refractivity contribution >= 4 is 29.6 Å². The largest absolute Gasteiger partial charge is 0.440 e. The van der Waals surface area contributed by atoms with Crippen LogP contribution in [0.15, 0.2) is 45.9 Å². The van der Waals surface area contributed by atoms with Gasteiger partial charge >= 0.3 is 0 Å². The number of anilines is 1. The number of benzene rings is 1. The van der Waals surface area contributed by atoms with Crippen LogP contribution in [-0.2, 0) is 11.2 Å². The molecule has 2 rings (SSSR count). The lowest BCUT2D eigenvalue weighted by Crippen LogP contribution is -2.19. The van der Waals surface area contributed by atoms with Crippen molar-refractivity contribution in [3.63, 3.8) is 0 Å². The van der Waals surface area contributed by atoms with Crippen LogP contribution in [0, 0.1) is 0 Å². The van der Waals surface area contributed by atoms with Gasteiger partial charge < -0.3 is 9.32 Å². The van der Waals surface area contributed by atoms with E-state index in [1.807, 2.05) is 37.2 Å². The van der Waals surface area contributed by atoms with E-state index in [-0.39, 0.29) is 12.3 Å². The third-order valence-electron chi connectivity index (χ3n) is 2.71. The molecule has 1 aromatic heterocycles. The van der Waals surface area contributed by atoms with E-state index in [0.29, 0.717) is 10.8 Å². The first-order valence-corrected chi connectivity index (χ1v) is 6.76. The van der Waals surface area contributed by atoms with Crippen LogP contribution in [-0.4, -0.2) is 26.2 Å². The first-order chi connectivity index (χ1) is 10.0. The van der Waals surface area contributed by atoms with Gasteiger partial charge in [0, 0.05) is 25.2 Å². The van der Waals surface area contributed by atoms with Crippen LogP contribution >= 0.6 is 11.6 Å². The molecule has 0 saturated heterocycles. The lowest BCUT2D eigenvalue weighted by atomic mass is 10.1. The van der Waals surface area contributed by atoms with Crippen molar-refractivity contribution in [1.29, 1.82) is 0 Å². The zero-order valence-electron chi connectivity index (χ0n) is 11.8. The molecule has 6 heteroatoms. The maximum absolute atomic E-state index is 11.7.